The average Bonchev–Trinajstić information content (AvgIpc) is 3.10. The number of halogens is 1. The Morgan fingerprint density at radius 2 is 1.59 bits per heavy atom. The van der Waals surface area contributed by atoms with Gasteiger partial charge in [0.1, 0.15) is 0 Å². The van der Waals surface area contributed by atoms with E-state index in [9.17, 15) is 0 Å². The highest BCUT2D eigenvalue weighted by molar-refractivity contribution is 7.27. The fraction of sp³-hybridized carbons (Fsp3) is 0.273. The van der Waals surface area contributed by atoms with E-state index < -0.39 is 7.12 Å². The highest BCUT2D eigenvalue weighted by atomic mass is 35.5. The minimum Gasteiger partial charge on any atom is -0.399 e. The quantitative estimate of drug-likeness (QED) is 0.360. The third kappa shape index (κ3) is 2.47. The van der Waals surface area contributed by atoms with E-state index in [1.807, 2.05) is 12.1 Å². The van der Waals surface area contributed by atoms with Gasteiger partial charge in [0, 0.05) is 30.7 Å². The van der Waals surface area contributed by atoms with E-state index in [-0.39, 0.29) is 11.2 Å². The third-order valence-corrected chi connectivity index (χ3v) is 7.49. The second kappa shape index (κ2) is 5.71. The van der Waals surface area contributed by atoms with Crippen LogP contribution in [-0.2, 0) is 9.31 Å². The first-order valence-electron chi connectivity index (χ1n) is 9.16. The molecule has 0 amide bonds. The molecule has 0 bridgehead atoms. The predicted molar refractivity (Wildman–Crippen MR) is 118 cm³/mol. The van der Waals surface area contributed by atoms with Crippen LogP contribution in [0.2, 0.25) is 5.02 Å². The van der Waals surface area contributed by atoms with Gasteiger partial charge in [-0.3, -0.25) is 0 Å². The van der Waals surface area contributed by atoms with Crippen LogP contribution in [0.3, 0.4) is 0 Å². The fourth-order valence-electron chi connectivity index (χ4n) is 3.80. The van der Waals surface area contributed by atoms with Gasteiger partial charge in [0.25, 0.3) is 0 Å². The zero-order valence-corrected chi connectivity index (χ0v) is 17.4. The molecule has 0 N–H and O–H groups in total. The fourth-order valence-corrected chi connectivity index (χ4v) is 5.39. The summed E-state index contributed by atoms with van der Waals surface area (Å²) in [5.41, 5.74) is 0.341. The van der Waals surface area contributed by atoms with Crippen LogP contribution in [0.5, 0.6) is 0 Å². The van der Waals surface area contributed by atoms with E-state index in [2.05, 4.69) is 64.1 Å². The monoisotopic (exact) mass is 394 g/mol. The van der Waals surface area contributed by atoms with Gasteiger partial charge in [-0.2, -0.15) is 0 Å². The van der Waals surface area contributed by atoms with Gasteiger partial charge in [-0.05, 0) is 50.6 Å². The van der Waals surface area contributed by atoms with Gasteiger partial charge in [0.2, 0.25) is 0 Å². The Bertz CT molecular complexity index is 1200. The van der Waals surface area contributed by atoms with E-state index in [0.717, 1.165) is 15.9 Å². The maximum atomic E-state index is 6.62. The van der Waals surface area contributed by atoms with Crippen LogP contribution in [0.1, 0.15) is 27.7 Å². The maximum Gasteiger partial charge on any atom is 0.496 e. The van der Waals surface area contributed by atoms with Crippen molar-refractivity contribution < 1.29 is 9.31 Å². The molecule has 0 spiro atoms. The molecule has 3 aromatic carbocycles. The highest BCUT2D eigenvalue weighted by Crippen LogP contribution is 2.43. The van der Waals surface area contributed by atoms with Crippen molar-refractivity contribution in [3.8, 4) is 0 Å². The van der Waals surface area contributed by atoms with Crippen molar-refractivity contribution in [2.24, 2.45) is 0 Å². The normalized spacial score (nSPS) is 18.8. The largest absolute Gasteiger partial charge is 0.496 e. The molecule has 136 valence electrons. The van der Waals surface area contributed by atoms with Crippen LogP contribution >= 0.6 is 22.9 Å². The van der Waals surface area contributed by atoms with Crippen molar-refractivity contribution >= 4 is 66.5 Å². The van der Waals surface area contributed by atoms with Gasteiger partial charge < -0.3 is 9.31 Å². The average molecular weight is 395 g/mol. The smallest absolute Gasteiger partial charge is 0.399 e. The molecular weight excluding hydrogens is 375 g/mol. The molecule has 1 aromatic heterocycles. The Kier molecular flexibility index (Phi) is 3.70. The highest BCUT2D eigenvalue weighted by Gasteiger charge is 2.52. The van der Waals surface area contributed by atoms with E-state index in [0.29, 0.717) is 0 Å². The number of thiophene rings is 1. The standard InChI is InChI=1S/C22H20BClO2S/c1-21(2)22(3,4)26-23(25-21)15-12-13-8-5-6-9-14(13)18-19-16(24)10-7-11-17(19)27-20(15)18/h5-12H,1-4H3. The molecule has 1 saturated heterocycles. The van der Waals surface area contributed by atoms with E-state index in [1.54, 1.807) is 11.3 Å². The summed E-state index contributed by atoms with van der Waals surface area (Å²) in [5, 5.41) is 5.49. The minimum absolute atomic E-state index is 0.371. The van der Waals surface area contributed by atoms with Crippen molar-refractivity contribution in [2.75, 3.05) is 0 Å². The van der Waals surface area contributed by atoms with Crippen LogP contribution in [0.15, 0.2) is 48.5 Å². The molecule has 1 fully saturated rings. The molecule has 0 aliphatic carbocycles. The Balaban J connectivity index is 1.88. The first kappa shape index (κ1) is 17.5. The molecule has 5 heteroatoms. The summed E-state index contributed by atoms with van der Waals surface area (Å²) in [6, 6.07) is 16.8. The van der Waals surface area contributed by atoms with Crippen LogP contribution in [0.25, 0.3) is 30.9 Å². The molecule has 0 atom stereocenters. The number of hydrogen-bond acceptors (Lipinski definition) is 3. The first-order valence-corrected chi connectivity index (χ1v) is 10.4. The van der Waals surface area contributed by atoms with Crippen molar-refractivity contribution in [3.63, 3.8) is 0 Å². The van der Waals surface area contributed by atoms with Crippen molar-refractivity contribution in [2.45, 2.75) is 38.9 Å². The lowest BCUT2D eigenvalue weighted by Gasteiger charge is -2.32. The van der Waals surface area contributed by atoms with Gasteiger partial charge in [-0.25, -0.2) is 0 Å². The third-order valence-electron chi connectivity index (χ3n) is 5.97. The van der Waals surface area contributed by atoms with E-state index in [4.69, 9.17) is 20.9 Å². The molecule has 0 saturated carbocycles. The lowest BCUT2D eigenvalue weighted by Crippen LogP contribution is -2.41. The van der Waals surface area contributed by atoms with Gasteiger partial charge >= 0.3 is 7.12 Å². The summed E-state index contributed by atoms with van der Waals surface area (Å²) in [6.45, 7) is 8.36. The van der Waals surface area contributed by atoms with Crippen LogP contribution in [0, 0.1) is 0 Å². The molecule has 0 unspecified atom stereocenters. The van der Waals surface area contributed by atoms with Crippen molar-refractivity contribution in [1.82, 2.24) is 0 Å². The topological polar surface area (TPSA) is 18.5 Å². The lowest BCUT2D eigenvalue weighted by atomic mass is 9.77. The molecule has 27 heavy (non-hydrogen) atoms. The number of benzene rings is 3. The second-order valence-corrected chi connectivity index (χ2v) is 9.65. The van der Waals surface area contributed by atoms with Crippen LogP contribution in [0.4, 0.5) is 0 Å². The number of fused-ring (bicyclic) bond motifs is 5. The van der Waals surface area contributed by atoms with Gasteiger partial charge in [0.05, 0.1) is 11.2 Å². The van der Waals surface area contributed by atoms with Crippen LogP contribution in [-0.4, -0.2) is 18.3 Å². The second-order valence-electron chi connectivity index (χ2n) is 8.19. The summed E-state index contributed by atoms with van der Waals surface area (Å²) in [7, 11) is -0.394. The van der Waals surface area contributed by atoms with Crippen LogP contribution < -0.4 is 5.46 Å². The molecule has 2 heterocycles. The lowest BCUT2D eigenvalue weighted by molar-refractivity contribution is 0.00578. The summed E-state index contributed by atoms with van der Waals surface area (Å²) >= 11 is 8.38. The molecule has 1 aliphatic heterocycles. The Morgan fingerprint density at radius 1 is 0.889 bits per heavy atom. The van der Waals surface area contributed by atoms with Gasteiger partial charge in [-0.1, -0.05) is 48.0 Å². The summed E-state index contributed by atoms with van der Waals surface area (Å²) in [4.78, 5) is 0. The first-order chi connectivity index (χ1) is 12.8. The molecule has 2 nitrogen and oxygen atoms in total. The molecule has 0 radical (unpaired) electrons. The van der Waals surface area contributed by atoms with E-state index in [1.165, 1.54) is 25.6 Å². The van der Waals surface area contributed by atoms with E-state index >= 15 is 0 Å². The maximum absolute atomic E-state index is 6.62. The Hall–Kier alpha value is -1.59. The molecule has 1 aliphatic rings. The Labute approximate surface area is 168 Å². The van der Waals surface area contributed by atoms with Crippen molar-refractivity contribution in [1.29, 1.82) is 0 Å². The van der Waals surface area contributed by atoms with Gasteiger partial charge in [0.15, 0.2) is 0 Å². The zero-order chi connectivity index (χ0) is 19.0. The molecule has 4 aromatic rings. The molecule has 5 rings (SSSR count). The summed E-state index contributed by atoms with van der Waals surface area (Å²) < 4.78 is 15.1. The Morgan fingerprint density at radius 3 is 2.33 bits per heavy atom. The minimum atomic E-state index is -0.394. The molecular formula is C22H20BClO2S. The zero-order valence-electron chi connectivity index (χ0n) is 15.8. The number of rotatable bonds is 1. The summed E-state index contributed by atoms with van der Waals surface area (Å²) in [5.74, 6) is 0. The SMILES string of the molecule is CC1(C)OB(c2cc3ccccc3c3c2sc2cccc(Cl)c23)OC1(C)C. The summed E-state index contributed by atoms with van der Waals surface area (Å²) in [6.07, 6.45) is 0. The predicted octanol–water partition coefficient (Wildman–Crippen LogP) is 6.16. The number of hydrogen-bond donors (Lipinski definition) is 0. The van der Waals surface area contributed by atoms with Gasteiger partial charge in [-0.15, -0.1) is 11.3 Å². The van der Waals surface area contributed by atoms with Crippen molar-refractivity contribution in [3.05, 3.63) is 53.6 Å².